The van der Waals surface area contributed by atoms with Crippen molar-refractivity contribution in [3.63, 3.8) is 0 Å². The molecule has 0 aliphatic carbocycles. The Bertz CT molecular complexity index is 693. The average Bonchev–Trinajstić information content (AvgIpc) is 2.31. The van der Waals surface area contributed by atoms with Gasteiger partial charge in [-0.1, -0.05) is 0 Å². The Morgan fingerprint density at radius 2 is 1.86 bits per heavy atom. The number of anilines is 1. The van der Waals surface area contributed by atoms with Crippen molar-refractivity contribution >= 4 is 27.7 Å². The number of rotatable bonds is 4. The van der Waals surface area contributed by atoms with Crippen LogP contribution in [0.5, 0.6) is 0 Å². The number of carbonyl (C=O) groups excluding carboxylic acids is 2. The summed E-state index contributed by atoms with van der Waals surface area (Å²) in [5, 5.41) is 2.59. The van der Waals surface area contributed by atoms with Gasteiger partial charge in [0, 0.05) is 25.1 Å². The molecule has 0 aromatic heterocycles. The van der Waals surface area contributed by atoms with Gasteiger partial charge in [0.15, 0.2) is 0 Å². The zero-order chi connectivity index (χ0) is 16.4. The van der Waals surface area contributed by atoms with Gasteiger partial charge in [-0.2, -0.15) is 8.42 Å². The lowest BCUT2D eigenvalue weighted by atomic mass is 10.0. The van der Waals surface area contributed by atoms with Gasteiger partial charge in [0.25, 0.3) is 10.1 Å². The summed E-state index contributed by atoms with van der Waals surface area (Å²) in [6.07, 6.45) is 0. The third-order valence-corrected chi connectivity index (χ3v) is 3.79. The van der Waals surface area contributed by atoms with E-state index in [4.69, 9.17) is 4.74 Å². The molecule has 116 valence electrons. The summed E-state index contributed by atoms with van der Waals surface area (Å²) in [4.78, 5) is 21.8. The molecule has 2 N–H and O–H groups in total. The van der Waals surface area contributed by atoms with Crippen LogP contribution in [0, 0.1) is 13.8 Å². The maximum atomic E-state index is 11.5. The second-order valence-electron chi connectivity index (χ2n) is 4.61. The molecular formula is C13H17NO6S. The molecule has 1 aromatic rings. The molecule has 21 heavy (non-hydrogen) atoms. The van der Waals surface area contributed by atoms with E-state index in [9.17, 15) is 22.6 Å². The van der Waals surface area contributed by atoms with E-state index in [1.165, 1.54) is 19.9 Å². The highest BCUT2D eigenvalue weighted by Gasteiger charge is 2.22. The average molecular weight is 315 g/mol. The summed E-state index contributed by atoms with van der Waals surface area (Å²) < 4.78 is 37.0. The van der Waals surface area contributed by atoms with Crippen molar-refractivity contribution in [2.24, 2.45) is 0 Å². The van der Waals surface area contributed by atoms with Crippen molar-refractivity contribution in [3.8, 4) is 0 Å². The van der Waals surface area contributed by atoms with E-state index in [1.54, 1.807) is 13.8 Å². The van der Waals surface area contributed by atoms with Gasteiger partial charge >= 0.3 is 5.97 Å². The van der Waals surface area contributed by atoms with Gasteiger partial charge in [-0.25, -0.2) is 0 Å². The SMILES string of the molecule is CC(=O)Nc1c(C)cc(S(=O)(=O)O)c(COC(C)=O)c1C. The van der Waals surface area contributed by atoms with Crippen molar-refractivity contribution in [1.29, 1.82) is 0 Å². The molecule has 0 aliphatic rings. The fraction of sp³-hybridized carbons (Fsp3) is 0.385. The lowest BCUT2D eigenvalue weighted by Crippen LogP contribution is -2.14. The number of esters is 1. The van der Waals surface area contributed by atoms with E-state index in [0.717, 1.165) is 0 Å². The van der Waals surface area contributed by atoms with Crippen LogP contribution in [-0.4, -0.2) is 24.8 Å². The molecule has 0 heterocycles. The van der Waals surface area contributed by atoms with E-state index in [1.807, 2.05) is 0 Å². The minimum Gasteiger partial charge on any atom is -0.461 e. The van der Waals surface area contributed by atoms with Gasteiger partial charge in [0.1, 0.15) is 11.5 Å². The lowest BCUT2D eigenvalue weighted by molar-refractivity contribution is -0.142. The number of ether oxygens (including phenoxy) is 1. The Morgan fingerprint density at radius 1 is 1.29 bits per heavy atom. The zero-order valence-electron chi connectivity index (χ0n) is 12.2. The van der Waals surface area contributed by atoms with Gasteiger partial charge in [-0.3, -0.25) is 14.1 Å². The maximum Gasteiger partial charge on any atom is 0.302 e. The normalized spacial score (nSPS) is 11.1. The van der Waals surface area contributed by atoms with Gasteiger partial charge in [-0.05, 0) is 31.0 Å². The number of nitrogens with one attached hydrogen (secondary N) is 1. The maximum absolute atomic E-state index is 11.5. The van der Waals surface area contributed by atoms with Crippen molar-refractivity contribution in [3.05, 3.63) is 22.8 Å². The largest absolute Gasteiger partial charge is 0.461 e. The van der Waals surface area contributed by atoms with E-state index >= 15 is 0 Å². The molecule has 0 aliphatic heterocycles. The second-order valence-corrected chi connectivity index (χ2v) is 6.00. The standard InChI is InChI=1S/C13H17NO6S/c1-7-5-12(21(17,18)19)11(6-20-10(4)16)8(2)13(7)14-9(3)15/h5H,6H2,1-4H3,(H,14,15)(H,17,18,19). The number of hydrogen-bond donors (Lipinski definition) is 2. The van der Waals surface area contributed by atoms with Crippen molar-refractivity contribution in [2.45, 2.75) is 39.2 Å². The molecule has 0 saturated heterocycles. The van der Waals surface area contributed by atoms with Gasteiger partial charge < -0.3 is 10.1 Å². The molecule has 0 fully saturated rings. The van der Waals surface area contributed by atoms with Crippen LogP contribution >= 0.6 is 0 Å². The van der Waals surface area contributed by atoms with E-state index in [-0.39, 0.29) is 23.0 Å². The number of amides is 1. The first-order chi connectivity index (χ1) is 9.54. The Hall–Kier alpha value is -1.93. The highest BCUT2D eigenvalue weighted by molar-refractivity contribution is 7.85. The van der Waals surface area contributed by atoms with Gasteiger partial charge in [0.2, 0.25) is 5.91 Å². The van der Waals surface area contributed by atoms with Crippen LogP contribution in [0.3, 0.4) is 0 Å². The first-order valence-electron chi connectivity index (χ1n) is 6.05. The van der Waals surface area contributed by atoms with Crippen LogP contribution < -0.4 is 5.32 Å². The van der Waals surface area contributed by atoms with Crippen LogP contribution in [0.25, 0.3) is 0 Å². The van der Waals surface area contributed by atoms with Crippen molar-refractivity contribution in [1.82, 2.24) is 0 Å². The summed E-state index contributed by atoms with van der Waals surface area (Å²) in [5.74, 6) is -0.906. The Labute approximate surface area is 123 Å². The molecule has 8 heteroatoms. The summed E-state index contributed by atoms with van der Waals surface area (Å²) in [7, 11) is -4.48. The van der Waals surface area contributed by atoms with Crippen molar-refractivity contribution in [2.75, 3.05) is 5.32 Å². The minimum atomic E-state index is -4.48. The van der Waals surface area contributed by atoms with Crippen LogP contribution in [0.1, 0.15) is 30.5 Å². The summed E-state index contributed by atoms with van der Waals surface area (Å²) in [6.45, 7) is 5.37. The Kier molecular flexibility index (Phi) is 5.08. The predicted octanol–water partition coefficient (Wildman–Crippen LogP) is 1.57. The highest BCUT2D eigenvalue weighted by Crippen LogP contribution is 2.30. The molecule has 0 bridgehead atoms. The number of aryl methyl sites for hydroxylation is 1. The first-order valence-corrected chi connectivity index (χ1v) is 7.49. The zero-order valence-corrected chi connectivity index (χ0v) is 13.0. The molecular weight excluding hydrogens is 298 g/mol. The molecule has 1 amide bonds. The Balaban J connectivity index is 3.53. The van der Waals surface area contributed by atoms with E-state index in [2.05, 4.69) is 5.32 Å². The van der Waals surface area contributed by atoms with Crippen LogP contribution in [0.15, 0.2) is 11.0 Å². The smallest absolute Gasteiger partial charge is 0.302 e. The first kappa shape index (κ1) is 17.1. The van der Waals surface area contributed by atoms with Crippen LogP contribution in [0.4, 0.5) is 5.69 Å². The molecule has 7 nitrogen and oxygen atoms in total. The molecule has 0 atom stereocenters. The van der Waals surface area contributed by atoms with E-state index in [0.29, 0.717) is 16.8 Å². The molecule has 0 radical (unpaired) electrons. The summed E-state index contributed by atoms with van der Waals surface area (Å²) in [6, 6.07) is 1.23. The molecule has 0 spiro atoms. The van der Waals surface area contributed by atoms with Crippen LogP contribution in [0.2, 0.25) is 0 Å². The highest BCUT2D eigenvalue weighted by atomic mass is 32.2. The quantitative estimate of drug-likeness (QED) is 0.644. The molecule has 0 unspecified atom stereocenters. The fourth-order valence-electron chi connectivity index (χ4n) is 1.94. The second kappa shape index (κ2) is 6.23. The molecule has 1 aromatic carbocycles. The summed E-state index contributed by atoms with van der Waals surface area (Å²) in [5.41, 5.74) is 1.44. The van der Waals surface area contributed by atoms with Crippen molar-refractivity contribution < 1.29 is 27.3 Å². The predicted molar refractivity (Wildman–Crippen MR) is 75.5 cm³/mol. The fourth-order valence-corrected chi connectivity index (χ4v) is 2.79. The monoisotopic (exact) mass is 315 g/mol. The third-order valence-electron chi connectivity index (χ3n) is 2.87. The molecule has 1 rings (SSSR count). The summed E-state index contributed by atoms with van der Waals surface area (Å²) >= 11 is 0. The molecule has 0 saturated carbocycles. The minimum absolute atomic E-state index is 0.127. The van der Waals surface area contributed by atoms with E-state index < -0.39 is 16.1 Å². The topological polar surface area (TPSA) is 110 Å². The Morgan fingerprint density at radius 3 is 2.29 bits per heavy atom. The van der Waals surface area contributed by atoms with Gasteiger partial charge in [-0.15, -0.1) is 0 Å². The van der Waals surface area contributed by atoms with Crippen LogP contribution in [-0.2, 0) is 31.1 Å². The number of hydrogen-bond acceptors (Lipinski definition) is 5. The lowest BCUT2D eigenvalue weighted by Gasteiger charge is -2.17. The number of benzene rings is 1. The third kappa shape index (κ3) is 4.27. The number of carbonyl (C=O) groups is 2. The van der Waals surface area contributed by atoms with Gasteiger partial charge in [0.05, 0.1) is 0 Å².